The number of carbonyl (C=O) groups excluding carboxylic acids is 2. The zero-order chi connectivity index (χ0) is 23.0. The molecular formula is C27H26ClNO3. The van der Waals surface area contributed by atoms with Gasteiger partial charge in [0.1, 0.15) is 0 Å². The zero-order valence-electron chi connectivity index (χ0n) is 18.4. The Morgan fingerprint density at radius 1 is 1.06 bits per heavy atom. The quantitative estimate of drug-likeness (QED) is 0.487. The number of halogens is 1. The van der Waals surface area contributed by atoms with Gasteiger partial charge in [0.15, 0.2) is 11.4 Å². The van der Waals surface area contributed by atoms with E-state index in [-0.39, 0.29) is 12.2 Å². The first-order chi connectivity index (χ1) is 15.2. The molecule has 0 saturated heterocycles. The van der Waals surface area contributed by atoms with Crippen LogP contribution >= 0.6 is 11.6 Å². The maximum absolute atomic E-state index is 13.5. The maximum atomic E-state index is 13.5. The summed E-state index contributed by atoms with van der Waals surface area (Å²) in [7, 11) is 0. The molecule has 0 radical (unpaired) electrons. The summed E-state index contributed by atoms with van der Waals surface area (Å²) in [6, 6.07) is 19.9. The molecule has 0 saturated carbocycles. The van der Waals surface area contributed by atoms with Gasteiger partial charge in [0.05, 0.1) is 18.7 Å². The predicted octanol–water partition coefficient (Wildman–Crippen LogP) is 5.78. The summed E-state index contributed by atoms with van der Waals surface area (Å²) in [5.74, 6) is -0.424. The van der Waals surface area contributed by atoms with Crippen LogP contribution in [0, 0.1) is 6.92 Å². The van der Waals surface area contributed by atoms with Crippen LogP contribution in [0.4, 0.5) is 5.69 Å². The van der Waals surface area contributed by atoms with Crippen molar-refractivity contribution >= 4 is 29.0 Å². The molecule has 1 aliphatic heterocycles. The van der Waals surface area contributed by atoms with Crippen molar-refractivity contribution in [2.24, 2.45) is 0 Å². The second-order valence-corrected chi connectivity index (χ2v) is 9.15. The van der Waals surface area contributed by atoms with Crippen LogP contribution in [0.5, 0.6) is 0 Å². The number of aliphatic hydroxyl groups is 1. The Kier molecular flexibility index (Phi) is 5.93. The van der Waals surface area contributed by atoms with Gasteiger partial charge in [-0.2, -0.15) is 0 Å². The van der Waals surface area contributed by atoms with Crippen molar-refractivity contribution in [2.75, 3.05) is 4.90 Å². The average Bonchev–Trinajstić information content (AvgIpc) is 2.97. The number of hydrogen-bond acceptors (Lipinski definition) is 3. The van der Waals surface area contributed by atoms with Crippen molar-refractivity contribution in [1.82, 2.24) is 0 Å². The summed E-state index contributed by atoms with van der Waals surface area (Å²) < 4.78 is 0. The van der Waals surface area contributed by atoms with E-state index in [4.69, 9.17) is 11.6 Å². The van der Waals surface area contributed by atoms with E-state index in [9.17, 15) is 14.7 Å². The molecule has 3 aromatic rings. The highest BCUT2D eigenvalue weighted by atomic mass is 35.5. The molecule has 1 atom stereocenters. The molecule has 32 heavy (non-hydrogen) atoms. The molecule has 1 aliphatic rings. The van der Waals surface area contributed by atoms with E-state index >= 15 is 0 Å². The number of hydrogen-bond donors (Lipinski definition) is 1. The Labute approximate surface area is 193 Å². The van der Waals surface area contributed by atoms with E-state index < -0.39 is 11.5 Å². The largest absolute Gasteiger partial charge is 0.375 e. The lowest BCUT2D eigenvalue weighted by molar-refractivity contribution is -0.136. The monoisotopic (exact) mass is 447 g/mol. The maximum Gasteiger partial charge on any atom is 0.264 e. The predicted molar refractivity (Wildman–Crippen MR) is 127 cm³/mol. The van der Waals surface area contributed by atoms with Crippen LogP contribution in [-0.2, 0) is 16.9 Å². The first kappa shape index (κ1) is 22.3. The van der Waals surface area contributed by atoms with E-state index in [0.29, 0.717) is 34.3 Å². The van der Waals surface area contributed by atoms with E-state index in [1.54, 1.807) is 41.3 Å². The first-order valence-corrected chi connectivity index (χ1v) is 11.1. The number of carbonyl (C=O) groups is 2. The topological polar surface area (TPSA) is 57.6 Å². The van der Waals surface area contributed by atoms with Crippen molar-refractivity contribution < 1.29 is 14.7 Å². The molecule has 1 unspecified atom stereocenters. The van der Waals surface area contributed by atoms with Gasteiger partial charge in [0, 0.05) is 16.1 Å². The van der Waals surface area contributed by atoms with Crippen LogP contribution in [0.15, 0.2) is 66.7 Å². The van der Waals surface area contributed by atoms with Crippen LogP contribution in [0.2, 0.25) is 5.02 Å². The summed E-state index contributed by atoms with van der Waals surface area (Å²) in [4.78, 5) is 28.1. The summed E-state index contributed by atoms with van der Waals surface area (Å²) >= 11 is 5.92. The number of anilines is 1. The standard InChI is InChI=1S/C27H26ClNO3/c1-17(2)20-9-8-18(3)21(14-20)16-29-24-7-5-4-6-23(24)27(32,26(29)31)15-25(30)19-10-12-22(28)13-11-19/h4-14,17,32H,15-16H2,1-3H3. The van der Waals surface area contributed by atoms with Gasteiger partial charge in [-0.1, -0.05) is 61.8 Å². The molecular weight excluding hydrogens is 422 g/mol. The molecule has 4 nitrogen and oxygen atoms in total. The number of nitrogens with zero attached hydrogens (tertiary/aromatic N) is 1. The molecule has 0 aliphatic carbocycles. The van der Waals surface area contributed by atoms with Gasteiger partial charge in [-0.05, 0) is 59.9 Å². The molecule has 1 heterocycles. The number of ketones is 1. The van der Waals surface area contributed by atoms with Crippen LogP contribution < -0.4 is 4.90 Å². The van der Waals surface area contributed by atoms with Crippen LogP contribution in [-0.4, -0.2) is 16.8 Å². The third-order valence-corrected chi connectivity index (χ3v) is 6.44. The Hall–Kier alpha value is -2.95. The third kappa shape index (κ3) is 3.96. The Morgan fingerprint density at radius 3 is 2.44 bits per heavy atom. The number of fused-ring (bicyclic) bond motifs is 1. The fourth-order valence-electron chi connectivity index (χ4n) is 4.20. The van der Waals surface area contributed by atoms with E-state index in [0.717, 1.165) is 11.1 Å². The summed E-state index contributed by atoms with van der Waals surface area (Å²) in [5.41, 5.74) is 2.89. The highest BCUT2D eigenvalue weighted by Crippen LogP contribution is 2.43. The molecule has 3 aromatic carbocycles. The van der Waals surface area contributed by atoms with Gasteiger partial charge < -0.3 is 10.0 Å². The molecule has 0 fully saturated rings. The summed E-state index contributed by atoms with van der Waals surface area (Å²) in [6.45, 7) is 6.61. The number of benzene rings is 3. The highest BCUT2D eigenvalue weighted by molar-refractivity contribution is 6.30. The summed E-state index contributed by atoms with van der Waals surface area (Å²) in [6.07, 6.45) is -0.327. The minimum Gasteiger partial charge on any atom is -0.375 e. The fourth-order valence-corrected chi connectivity index (χ4v) is 4.32. The molecule has 5 heteroatoms. The van der Waals surface area contributed by atoms with Gasteiger partial charge in [-0.15, -0.1) is 0 Å². The molecule has 0 spiro atoms. The lowest BCUT2D eigenvalue weighted by Crippen LogP contribution is -2.41. The van der Waals surface area contributed by atoms with Gasteiger partial charge in [0.2, 0.25) is 0 Å². The normalized spacial score (nSPS) is 17.7. The minimum absolute atomic E-state index is 0.313. The van der Waals surface area contributed by atoms with Crippen LogP contribution in [0.1, 0.15) is 58.8 Å². The average molecular weight is 448 g/mol. The van der Waals surface area contributed by atoms with Gasteiger partial charge in [-0.25, -0.2) is 0 Å². The first-order valence-electron chi connectivity index (χ1n) is 10.7. The fraction of sp³-hybridized carbons (Fsp3) is 0.259. The van der Waals surface area contributed by atoms with Crippen LogP contribution in [0.25, 0.3) is 0 Å². The van der Waals surface area contributed by atoms with Crippen molar-refractivity contribution in [2.45, 2.75) is 45.3 Å². The number of rotatable bonds is 6. The highest BCUT2D eigenvalue weighted by Gasteiger charge is 2.50. The Bertz CT molecular complexity index is 1190. The SMILES string of the molecule is Cc1ccc(C(C)C)cc1CN1C(=O)C(O)(CC(=O)c2ccc(Cl)cc2)c2ccccc21. The van der Waals surface area contributed by atoms with E-state index in [1.165, 1.54) is 5.56 Å². The molecule has 1 N–H and O–H groups in total. The number of para-hydroxylation sites is 1. The van der Waals surface area contributed by atoms with E-state index in [2.05, 4.69) is 32.0 Å². The van der Waals surface area contributed by atoms with Crippen molar-refractivity contribution in [1.29, 1.82) is 0 Å². The van der Waals surface area contributed by atoms with Crippen molar-refractivity contribution in [3.63, 3.8) is 0 Å². The van der Waals surface area contributed by atoms with Gasteiger partial charge in [-0.3, -0.25) is 9.59 Å². The Balaban J connectivity index is 1.69. The second kappa shape index (κ2) is 8.53. The zero-order valence-corrected chi connectivity index (χ0v) is 19.2. The van der Waals surface area contributed by atoms with Gasteiger partial charge >= 0.3 is 0 Å². The smallest absolute Gasteiger partial charge is 0.264 e. The van der Waals surface area contributed by atoms with Crippen molar-refractivity contribution in [3.8, 4) is 0 Å². The molecule has 1 amide bonds. The van der Waals surface area contributed by atoms with Gasteiger partial charge in [0.25, 0.3) is 5.91 Å². The second-order valence-electron chi connectivity index (χ2n) is 8.72. The lowest BCUT2D eigenvalue weighted by Gasteiger charge is -2.24. The third-order valence-electron chi connectivity index (χ3n) is 6.19. The lowest BCUT2D eigenvalue weighted by atomic mass is 9.88. The van der Waals surface area contributed by atoms with Crippen LogP contribution in [0.3, 0.4) is 0 Å². The number of amides is 1. The van der Waals surface area contributed by atoms with E-state index in [1.807, 2.05) is 19.1 Å². The molecule has 164 valence electrons. The molecule has 0 bridgehead atoms. The summed E-state index contributed by atoms with van der Waals surface area (Å²) in [5, 5.41) is 12.0. The minimum atomic E-state index is -1.91. The molecule has 0 aromatic heterocycles. The Morgan fingerprint density at radius 2 is 1.75 bits per heavy atom. The number of Topliss-reactive ketones (excluding diaryl/α,β-unsaturated/α-hetero) is 1. The van der Waals surface area contributed by atoms with Crippen molar-refractivity contribution in [3.05, 3.63) is 99.6 Å². The molecule has 4 rings (SSSR count). The number of aryl methyl sites for hydroxylation is 1.